The largest absolute Gasteiger partial charge is 0.439 e. The van der Waals surface area contributed by atoms with Crippen LogP contribution in [0.4, 0.5) is 0 Å². The van der Waals surface area contributed by atoms with Crippen LogP contribution in [0.3, 0.4) is 0 Å². The number of halogens is 2. The summed E-state index contributed by atoms with van der Waals surface area (Å²) in [7, 11) is 0. The summed E-state index contributed by atoms with van der Waals surface area (Å²) in [6.45, 7) is 0.327. The first kappa shape index (κ1) is 12.2. The molecule has 0 fully saturated rings. The van der Waals surface area contributed by atoms with E-state index in [1.54, 1.807) is 6.20 Å². The maximum atomic E-state index is 5.42. The van der Waals surface area contributed by atoms with Gasteiger partial charge in [0, 0.05) is 10.0 Å². The molecule has 0 atom stereocenters. The lowest BCUT2D eigenvalue weighted by Crippen LogP contribution is -1.94. The van der Waals surface area contributed by atoms with E-state index in [2.05, 4.69) is 20.9 Å². The van der Waals surface area contributed by atoms with Gasteiger partial charge in [0.25, 0.3) is 0 Å². The molecule has 1 heterocycles. The van der Waals surface area contributed by atoms with Crippen LogP contribution in [0.2, 0.25) is 0 Å². The van der Waals surface area contributed by atoms with Crippen molar-refractivity contribution in [1.82, 2.24) is 4.98 Å². The molecule has 3 nitrogen and oxygen atoms in total. The normalized spacial score (nSPS) is 9.73. The van der Waals surface area contributed by atoms with Crippen molar-refractivity contribution in [3.8, 4) is 11.3 Å². The lowest BCUT2D eigenvalue weighted by atomic mass is 10.2. The minimum atomic E-state index is 0. The summed E-state index contributed by atoms with van der Waals surface area (Å²) < 4.78 is 6.43. The summed E-state index contributed by atoms with van der Waals surface area (Å²) in [4.78, 5) is 4.03. The lowest BCUT2D eigenvalue weighted by molar-refractivity contribution is 0.509. The van der Waals surface area contributed by atoms with Crippen LogP contribution in [0.1, 0.15) is 5.89 Å². The molecule has 5 heteroatoms. The van der Waals surface area contributed by atoms with Gasteiger partial charge in [0.1, 0.15) is 0 Å². The number of nitrogens with two attached hydrogens (primary N) is 1. The Morgan fingerprint density at radius 2 is 2.20 bits per heavy atom. The first-order valence-electron chi connectivity index (χ1n) is 4.20. The summed E-state index contributed by atoms with van der Waals surface area (Å²) in [6.07, 6.45) is 1.68. The van der Waals surface area contributed by atoms with Crippen LogP contribution >= 0.6 is 28.3 Å². The number of rotatable bonds is 2. The molecule has 2 N–H and O–H groups in total. The van der Waals surface area contributed by atoms with Crippen molar-refractivity contribution < 1.29 is 4.42 Å². The number of benzene rings is 1. The third kappa shape index (κ3) is 2.81. The molecule has 1 aromatic heterocycles. The molecule has 15 heavy (non-hydrogen) atoms. The first-order valence-corrected chi connectivity index (χ1v) is 4.99. The van der Waals surface area contributed by atoms with Crippen molar-refractivity contribution in [2.45, 2.75) is 6.54 Å². The van der Waals surface area contributed by atoms with Gasteiger partial charge in [-0.15, -0.1) is 12.4 Å². The highest BCUT2D eigenvalue weighted by atomic mass is 79.9. The van der Waals surface area contributed by atoms with Crippen molar-refractivity contribution in [3.05, 3.63) is 40.8 Å². The highest BCUT2D eigenvalue weighted by molar-refractivity contribution is 9.10. The fourth-order valence-electron chi connectivity index (χ4n) is 1.18. The van der Waals surface area contributed by atoms with Crippen LogP contribution in [0, 0.1) is 0 Å². The van der Waals surface area contributed by atoms with Gasteiger partial charge in [-0.25, -0.2) is 4.98 Å². The zero-order chi connectivity index (χ0) is 9.97. The van der Waals surface area contributed by atoms with E-state index < -0.39 is 0 Å². The van der Waals surface area contributed by atoms with Gasteiger partial charge in [0.2, 0.25) is 5.89 Å². The molecule has 0 aliphatic heterocycles. The van der Waals surface area contributed by atoms with Gasteiger partial charge in [-0.05, 0) is 12.1 Å². The van der Waals surface area contributed by atoms with E-state index in [1.807, 2.05) is 24.3 Å². The summed E-state index contributed by atoms with van der Waals surface area (Å²) in [5, 5.41) is 0. The van der Waals surface area contributed by atoms with Crippen LogP contribution in [0.15, 0.2) is 39.4 Å². The molecule has 0 aliphatic rings. The maximum absolute atomic E-state index is 5.42. The van der Waals surface area contributed by atoms with Gasteiger partial charge in [0.05, 0.1) is 12.7 Å². The molecule has 0 radical (unpaired) electrons. The van der Waals surface area contributed by atoms with Crippen LogP contribution in [-0.2, 0) is 6.54 Å². The third-order valence-electron chi connectivity index (χ3n) is 1.84. The number of hydrogen-bond acceptors (Lipinski definition) is 3. The van der Waals surface area contributed by atoms with Gasteiger partial charge in [-0.2, -0.15) is 0 Å². The summed E-state index contributed by atoms with van der Waals surface area (Å²) in [5.41, 5.74) is 6.40. The van der Waals surface area contributed by atoms with Crippen LogP contribution in [0.25, 0.3) is 11.3 Å². The number of nitrogens with zero attached hydrogens (tertiary/aromatic N) is 1. The van der Waals surface area contributed by atoms with Gasteiger partial charge in [-0.1, -0.05) is 28.1 Å². The molecular weight excluding hydrogens is 279 g/mol. The fraction of sp³-hybridized carbons (Fsp3) is 0.100. The highest BCUT2D eigenvalue weighted by Gasteiger charge is 2.04. The zero-order valence-electron chi connectivity index (χ0n) is 7.81. The van der Waals surface area contributed by atoms with Crippen LogP contribution in [-0.4, -0.2) is 4.98 Å². The molecule has 2 rings (SSSR count). The second-order valence-corrected chi connectivity index (χ2v) is 3.75. The Kier molecular flexibility index (Phi) is 4.32. The predicted molar refractivity (Wildman–Crippen MR) is 64.8 cm³/mol. The Labute approximate surface area is 102 Å². The van der Waals surface area contributed by atoms with Crippen LogP contribution < -0.4 is 5.73 Å². The topological polar surface area (TPSA) is 52.0 Å². The Morgan fingerprint density at radius 3 is 2.80 bits per heavy atom. The van der Waals surface area contributed by atoms with Crippen molar-refractivity contribution in [2.24, 2.45) is 5.73 Å². The van der Waals surface area contributed by atoms with Crippen molar-refractivity contribution in [2.75, 3.05) is 0 Å². The van der Waals surface area contributed by atoms with Gasteiger partial charge in [-0.3, -0.25) is 0 Å². The predicted octanol–water partition coefficient (Wildman–Crippen LogP) is 2.98. The summed E-state index contributed by atoms with van der Waals surface area (Å²) >= 11 is 3.40. The molecular formula is C10H10BrClN2O. The van der Waals surface area contributed by atoms with E-state index in [9.17, 15) is 0 Å². The smallest absolute Gasteiger partial charge is 0.208 e. The SMILES string of the molecule is Cl.NCc1ncc(-c2cccc(Br)c2)o1. The highest BCUT2D eigenvalue weighted by Crippen LogP contribution is 2.23. The van der Waals surface area contributed by atoms with Crippen molar-refractivity contribution >= 4 is 28.3 Å². The monoisotopic (exact) mass is 288 g/mol. The molecule has 0 saturated carbocycles. The van der Waals surface area contributed by atoms with E-state index in [0.717, 1.165) is 15.8 Å². The molecule has 0 aliphatic carbocycles. The van der Waals surface area contributed by atoms with E-state index in [4.69, 9.17) is 10.2 Å². The number of hydrogen-bond donors (Lipinski definition) is 1. The van der Waals surface area contributed by atoms with E-state index in [1.165, 1.54) is 0 Å². The molecule has 2 aromatic rings. The fourth-order valence-corrected chi connectivity index (χ4v) is 1.58. The average Bonchev–Trinajstić information content (AvgIpc) is 2.66. The Balaban J connectivity index is 0.00000112. The van der Waals surface area contributed by atoms with E-state index >= 15 is 0 Å². The van der Waals surface area contributed by atoms with E-state index in [0.29, 0.717) is 12.4 Å². The summed E-state index contributed by atoms with van der Waals surface area (Å²) in [6, 6.07) is 7.85. The lowest BCUT2D eigenvalue weighted by Gasteiger charge is -1.96. The Hall–Kier alpha value is -0.840. The van der Waals surface area contributed by atoms with Crippen molar-refractivity contribution in [3.63, 3.8) is 0 Å². The molecule has 1 aromatic carbocycles. The van der Waals surface area contributed by atoms with Gasteiger partial charge < -0.3 is 10.2 Å². The molecule has 0 saturated heterocycles. The maximum Gasteiger partial charge on any atom is 0.208 e. The van der Waals surface area contributed by atoms with Crippen molar-refractivity contribution in [1.29, 1.82) is 0 Å². The number of aromatic nitrogens is 1. The first-order chi connectivity index (χ1) is 6.79. The molecule has 0 bridgehead atoms. The molecule has 0 unspecified atom stereocenters. The molecule has 80 valence electrons. The second-order valence-electron chi connectivity index (χ2n) is 2.83. The van der Waals surface area contributed by atoms with Gasteiger partial charge in [0.15, 0.2) is 5.76 Å². The number of oxazole rings is 1. The Bertz CT molecular complexity index is 444. The average molecular weight is 290 g/mol. The minimum absolute atomic E-state index is 0. The standard InChI is InChI=1S/C10H9BrN2O.ClH/c11-8-3-1-2-7(4-8)9-6-13-10(5-12)14-9;/h1-4,6H,5,12H2;1H. The molecule has 0 amide bonds. The Morgan fingerprint density at radius 1 is 1.40 bits per heavy atom. The third-order valence-corrected chi connectivity index (χ3v) is 2.33. The van der Waals surface area contributed by atoms with E-state index in [-0.39, 0.29) is 12.4 Å². The quantitative estimate of drug-likeness (QED) is 0.924. The van der Waals surface area contributed by atoms with Gasteiger partial charge >= 0.3 is 0 Å². The summed E-state index contributed by atoms with van der Waals surface area (Å²) in [5.74, 6) is 1.30. The minimum Gasteiger partial charge on any atom is -0.439 e. The van der Waals surface area contributed by atoms with Crippen LogP contribution in [0.5, 0.6) is 0 Å². The second kappa shape index (κ2) is 5.30. The molecule has 0 spiro atoms. The zero-order valence-corrected chi connectivity index (χ0v) is 10.2.